The number of piperidine rings is 1. The van der Waals surface area contributed by atoms with Gasteiger partial charge in [0, 0.05) is 24.3 Å². The van der Waals surface area contributed by atoms with Crippen molar-refractivity contribution >= 4 is 33.4 Å². The minimum absolute atomic E-state index is 0.0260. The Morgan fingerprint density at radius 2 is 1.62 bits per heavy atom. The Bertz CT molecular complexity index is 1420. The van der Waals surface area contributed by atoms with Crippen LogP contribution >= 0.6 is 0 Å². The number of rotatable bonds is 8. The van der Waals surface area contributed by atoms with Crippen molar-refractivity contribution in [3.8, 4) is 22.6 Å². The van der Waals surface area contributed by atoms with E-state index in [1.165, 1.54) is 25.3 Å². The maximum Gasteiger partial charge on any atom is 0.337 e. The summed E-state index contributed by atoms with van der Waals surface area (Å²) in [6, 6.07) is 16.8. The van der Waals surface area contributed by atoms with Crippen molar-refractivity contribution in [2.24, 2.45) is 0 Å². The topological polar surface area (TPSA) is 122 Å². The maximum atomic E-state index is 13.5. The summed E-state index contributed by atoms with van der Waals surface area (Å²) in [5.74, 6) is -1.78. The van der Waals surface area contributed by atoms with Gasteiger partial charge in [-0.05, 0) is 55.2 Å². The van der Waals surface area contributed by atoms with Gasteiger partial charge in [0.1, 0.15) is 5.75 Å². The van der Waals surface area contributed by atoms with Gasteiger partial charge in [-0.1, -0.05) is 30.3 Å². The first-order valence-corrected chi connectivity index (χ1v) is 13.6. The number of carbonyl (C=O) groups is 2. The molecule has 4 rings (SSSR count). The Morgan fingerprint density at radius 1 is 0.919 bits per heavy atom. The van der Waals surface area contributed by atoms with E-state index < -0.39 is 22.0 Å². The van der Waals surface area contributed by atoms with Crippen LogP contribution in [0.5, 0.6) is 11.5 Å². The quantitative estimate of drug-likeness (QED) is 0.409. The number of amides is 1. The SMILES string of the molecule is COc1cc(C(=O)O)c(NC(=O)c2cc(N3CCCCC3)ccc2OS(C)(=O)=O)cc1-c1ccccc1. The van der Waals surface area contributed by atoms with Crippen LogP contribution in [-0.4, -0.2) is 51.9 Å². The van der Waals surface area contributed by atoms with Crippen LogP contribution in [0.15, 0.2) is 60.7 Å². The van der Waals surface area contributed by atoms with Crippen LogP contribution in [0.25, 0.3) is 11.1 Å². The van der Waals surface area contributed by atoms with Gasteiger partial charge in [0.25, 0.3) is 5.91 Å². The second-order valence-electron chi connectivity index (χ2n) is 8.74. The Hall–Kier alpha value is -4.05. The van der Waals surface area contributed by atoms with Gasteiger partial charge < -0.3 is 24.2 Å². The van der Waals surface area contributed by atoms with Gasteiger partial charge in [-0.15, -0.1) is 0 Å². The van der Waals surface area contributed by atoms with Crippen LogP contribution in [-0.2, 0) is 10.1 Å². The molecule has 0 aromatic heterocycles. The molecule has 1 aliphatic heterocycles. The van der Waals surface area contributed by atoms with Gasteiger partial charge in [-0.3, -0.25) is 4.79 Å². The van der Waals surface area contributed by atoms with Crippen molar-refractivity contribution < 1.29 is 32.0 Å². The van der Waals surface area contributed by atoms with E-state index in [0.29, 0.717) is 11.3 Å². The molecule has 3 aromatic rings. The molecular formula is C27H28N2O7S. The molecule has 9 nitrogen and oxygen atoms in total. The van der Waals surface area contributed by atoms with E-state index in [9.17, 15) is 23.1 Å². The van der Waals surface area contributed by atoms with E-state index >= 15 is 0 Å². The number of carboxylic acids is 1. The highest BCUT2D eigenvalue weighted by molar-refractivity contribution is 7.86. The molecule has 1 saturated heterocycles. The number of carboxylic acid groups (broad SMARTS) is 1. The van der Waals surface area contributed by atoms with Gasteiger partial charge >= 0.3 is 16.1 Å². The largest absolute Gasteiger partial charge is 0.496 e. The molecule has 194 valence electrons. The number of aromatic carboxylic acids is 1. The number of hydrogen-bond donors (Lipinski definition) is 2. The fourth-order valence-electron chi connectivity index (χ4n) is 4.34. The van der Waals surface area contributed by atoms with Crippen molar-refractivity contribution in [2.75, 3.05) is 36.7 Å². The van der Waals surface area contributed by atoms with E-state index in [1.807, 2.05) is 30.3 Å². The average molecular weight is 525 g/mol. The van der Waals surface area contributed by atoms with Crippen molar-refractivity contribution in [3.63, 3.8) is 0 Å². The van der Waals surface area contributed by atoms with Gasteiger partial charge in [-0.2, -0.15) is 8.42 Å². The minimum Gasteiger partial charge on any atom is -0.496 e. The lowest BCUT2D eigenvalue weighted by Crippen LogP contribution is -2.29. The van der Waals surface area contributed by atoms with Gasteiger partial charge in [0.2, 0.25) is 0 Å². The summed E-state index contributed by atoms with van der Waals surface area (Å²) < 4.78 is 34.3. The third-order valence-electron chi connectivity index (χ3n) is 6.07. The molecule has 0 radical (unpaired) electrons. The zero-order chi connectivity index (χ0) is 26.6. The van der Waals surface area contributed by atoms with Crippen molar-refractivity contribution in [1.29, 1.82) is 0 Å². The number of carbonyl (C=O) groups excluding carboxylic acids is 1. The molecule has 37 heavy (non-hydrogen) atoms. The Morgan fingerprint density at radius 3 is 2.24 bits per heavy atom. The lowest BCUT2D eigenvalue weighted by atomic mass is 10.0. The first kappa shape index (κ1) is 26.0. The van der Waals surface area contributed by atoms with Crippen LogP contribution < -0.4 is 19.1 Å². The van der Waals surface area contributed by atoms with E-state index in [1.54, 1.807) is 12.1 Å². The summed E-state index contributed by atoms with van der Waals surface area (Å²) in [7, 11) is -2.48. The minimum atomic E-state index is -3.92. The zero-order valence-corrected chi connectivity index (χ0v) is 21.4. The molecule has 10 heteroatoms. The summed E-state index contributed by atoms with van der Waals surface area (Å²) in [6.45, 7) is 1.63. The van der Waals surface area contributed by atoms with Crippen LogP contribution in [0.2, 0.25) is 0 Å². The number of nitrogens with zero attached hydrogens (tertiary/aromatic N) is 1. The fourth-order valence-corrected chi connectivity index (χ4v) is 4.81. The van der Waals surface area contributed by atoms with Crippen molar-refractivity contribution in [3.05, 3.63) is 71.8 Å². The Balaban J connectivity index is 1.77. The maximum absolute atomic E-state index is 13.5. The van der Waals surface area contributed by atoms with Crippen LogP contribution in [0.4, 0.5) is 11.4 Å². The summed E-state index contributed by atoms with van der Waals surface area (Å²) in [4.78, 5) is 27.7. The highest BCUT2D eigenvalue weighted by Crippen LogP contribution is 2.36. The first-order chi connectivity index (χ1) is 17.7. The van der Waals surface area contributed by atoms with E-state index in [-0.39, 0.29) is 22.6 Å². The highest BCUT2D eigenvalue weighted by Gasteiger charge is 2.23. The van der Waals surface area contributed by atoms with E-state index in [0.717, 1.165) is 49.9 Å². The zero-order valence-electron chi connectivity index (χ0n) is 20.6. The monoisotopic (exact) mass is 524 g/mol. The van der Waals surface area contributed by atoms with Gasteiger partial charge in [-0.25, -0.2) is 4.79 Å². The predicted molar refractivity (Wildman–Crippen MR) is 141 cm³/mol. The molecular weight excluding hydrogens is 496 g/mol. The molecule has 0 unspecified atom stereocenters. The molecule has 0 aliphatic carbocycles. The highest BCUT2D eigenvalue weighted by atomic mass is 32.2. The first-order valence-electron chi connectivity index (χ1n) is 11.8. The van der Waals surface area contributed by atoms with E-state index in [2.05, 4.69) is 10.2 Å². The van der Waals surface area contributed by atoms with Crippen molar-refractivity contribution in [1.82, 2.24) is 0 Å². The van der Waals surface area contributed by atoms with Crippen LogP contribution in [0.1, 0.15) is 40.0 Å². The molecule has 0 saturated carbocycles. The molecule has 3 aromatic carbocycles. The summed E-state index contributed by atoms with van der Waals surface area (Å²) in [5.41, 5.74) is 1.93. The Kier molecular flexibility index (Phi) is 7.68. The third-order valence-corrected chi connectivity index (χ3v) is 6.56. The number of nitrogens with one attached hydrogen (secondary N) is 1. The molecule has 1 aliphatic rings. The Labute approximate surface area is 215 Å². The molecule has 1 fully saturated rings. The molecule has 1 amide bonds. The fraction of sp³-hybridized carbons (Fsp3) is 0.259. The molecule has 1 heterocycles. The number of methoxy groups -OCH3 is 1. The van der Waals surface area contributed by atoms with Gasteiger partial charge in [0.05, 0.1) is 30.2 Å². The molecule has 2 N–H and O–H groups in total. The third kappa shape index (κ3) is 6.21. The second-order valence-corrected chi connectivity index (χ2v) is 10.3. The number of benzene rings is 3. The summed E-state index contributed by atoms with van der Waals surface area (Å²) in [5, 5.41) is 12.5. The van der Waals surface area contributed by atoms with E-state index in [4.69, 9.17) is 8.92 Å². The lowest BCUT2D eigenvalue weighted by Gasteiger charge is -2.29. The lowest BCUT2D eigenvalue weighted by molar-refractivity contribution is 0.0697. The second kappa shape index (κ2) is 10.9. The molecule has 0 bridgehead atoms. The summed E-state index contributed by atoms with van der Waals surface area (Å²) in [6.07, 6.45) is 4.04. The number of ether oxygens (including phenoxy) is 1. The average Bonchev–Trinajstić information content (AvgIpc) is 2.88. The van der Waals surface area contributed by atoms with Gasteiger partial charge in [0.15, 0.2) is 5.75 Å². The normalized spacial score (nSPS) is 13.6. The summed E-state index contributed by atoms with van der Waals surface area (Å²) >= 11 is 0. The van der Waals surface area contributed by atoms with Crippen LogP contribution in [0, 0.1) is 0 Å². The standard InChI is InChI=1S/C27H28N2O7S/c1-35-25-17-21(27(31)32)23(16-20(25)18-9-5-3-6-10-18)28-26(30)22-15-19(29-13-7-4-8-14-29)11-12-24(22)36-37(2,33)34/h3,5-6,9-12,15-17H,4,7-8,13-14H2,1-2H3,(H,28,30)(H,31,32). The van der Waals surface area contributed by atoms with Crippen molar-refractivity contribution in [2.45, 2.75) is 19.3 Å². The smallest absolute Gasteiger partial charge is 0.337 e. The predicted octanol–water partition coefficient (Wildman–Crippen LogP) is 4.64. The van der Waals surface area contributed by atoms with Crippen LogP contribution in [0.3, 0.4) is 0 Å². The number of hydrogen-bond acceptors (Lipinski definition) is 7. The molecule has 0 spiro atoms. The molecule has 0 atom stereocenters. The number of anilines is 2.